The SMILES string of the molecule is CC(C)Oc1cc(N(C)c2ccc(C(=O)O)cc2)ncn1. The zero-order chi connectivity index (χ0) is 15.4. The molecule has 2 rings (SSSR count). The average Bonchev–Trinajstić information content (AvgIpc) is 2.46. The van der Waals surface area contributed by atoms with Crippen molar-refractivity contribution >= 4 is 17.5 Å². The summed E-state index contributed by atoms with van der Waals surface area (Å²) >= 11 is 0. The Kier molecular flexibility index (Phi) is 4.37. The Morgan fingerprint density at radius 1 is 1.24 bits per heavy atom. The van der Waals surface area contributed by atoms with Gasteiger partial charge in [0, 0.05) is 18.8 Å². The van der Waals surface area contributed by atoms with Gasteiger partial charge in [-0.2, -0.15) is 0 Å². The molecule has 21 heavy (non-hydrogen) atoms. The van der Waals surface area contributed by atoms with E-state index in [-0.39, 0.29) is 11.7 Å². The molecular formula is C15H17N3O3. The molecule has 0 unspecified atom stereocenters. The third-order valence-electron chi connectivity index (χ3n) is 2.83. The van der Waals surface area contributed by atoms with Gasteiger partial charge in [-0.05, 0) is 38.1 Å². The van der Waals surface area contributed by atoms with E-state index in [0.717, 1.165) is 5.69 Å². The highest BCUT2D eigenvalue weighted by atomic mass is 16.5. The zero-order valence-corrected chi connectivity index (χ0v) is 12.1. The first-order valence-corrected chi connectivity index (χ1v) is 6.53. The minimum atomic E-state index is -0.946. The molecule has 0 atom stereocenters. The molecule has 0 bridgehead atoms. The number of anilines is 2. The number of aromatic carboxylic acids is 1. The Hall–Kier alpha value is -2.63. The highest BCUT2D eigenvalue weighted by Gasteiger charge is 2.09. The summed E-state index contributed by atoms with van der Waals surface area (Å²) in [7, 11) is 1.84. The maximum Gasteiger partial charge on any atom is 0.335 e. The molecule has 2 aromatic rings. The van der Waals surface area contributed by atoms with Crippen molar-refractivity contribution in [2.24, 2.45) is 0 Å². The first-order chi connectivity index (χ1) is 9.97. The van der Waals surface area contributed by atoms with E-state index < -0.39 is 5.97 Å². The van der Waals surface area contributed by atoms with Gasteiger partial charge in [-0.15, -0.1) is 0 Å². The van der Waals surface area contributed by atoms with Crippen LogP contribution < -0.4 is 9.64 Å². The summed E-state index contributed by atoms with van der Waals surface area (Å²) in [5.74, 6) is 0.228. The molecule has 6 nitrogen and oxygen atoms in total. The Labute approximate surface area is 123 Å². The Morgan fingerprint density at radius 3 is 2.48 bits per heavy atom. The molecule has 1 N–H and O–H groups in total. The van der Waals surface area contributed by atoms with Gasteiger partial charge in [-0.25, -0.2) is 14.8 Å². The number of rotatable bonds is 5. The number of nitrogens with zero attached hydrogens (tertiary/aromatic N) is 3. The maximum atomic E-state index is 10.8. The van der Waals surface area contributed by atoms with Crippen molar-refractivity contribution in [3.8, 4) is 5.88 Å². The average molecular weight is 287 g/mol. The number of carboxylic acids is 1. The van der Waals surface area contributed by atoms with Crippen LogP contribution in [0.3, 0.4) is 0 Å². The van der Waals surface area contributed by atoms with E-state index in [0.29, 0.717) is 11.7 Å². The molecule has 0 aliphatic rings. The van der Waals surface area contributed by atoms with E-state index in [4.69, 9.17) is 9.84 Å². The predicted molar refractivity (Wildman–Crippen MR) is 79.3 cm³/mol. The van der Waals surface area contributed by atoms with Crippen LogP contribution in [0.15, 0.2) is 36.7 Å². The third kappa shape index (κ3) is 3.68. The van der Waals surface area contributed by atoms with Gasteiger partial charge in [-0.3, -0.25) is 0 Å². The zero-order valence-electron chi connectivity index (χ0n) is 12.1. The van der Waals surface area contributed by atoms with Crippen molar-refractivity contribution in [2.45, 2.75) is 20.0 Å². The molecule has 0 aliphatic heterocycles. The van der Waals surface area contributed by atoms with Crippen LogP contribution in [0.4, 0.5) is 11.5 Å². The fourth-order valence-electron chi connectivity index (χ4n) is 1.78. The van der Waals surface area contributed by atoms with Crippen LogP contribution in [0.1, 0.15) is 24.2 Å². The Morgan fingerprint density at radius 2 is 1.90 bits per heavy atom. The molecule has 1 heterocycles. The highest BCUT2D eigenvalue weighted by Crippen LogP contribution is 2.24. The molecule has 110 valence electrons. The first-order valence-electron chi connectivity index (χ1n) is 6.53. The number of benzene rings is 1. The van der Waals surface area contributed by atoms with Gasteiger partial charge in [0.15, 0.2) is 0 Å². The summed E-state index contributed by atoms with van der Waals surface area (Å²) in [6, 6.07) is 8.32. The predicted octanol–water partition coefficient (Wildman–Crippen LogP) is 2.73. The Bertz CT molecular complexity index is 626. The lowest BCUT2D eigenvalue weighted by atomic mass is 10.2. The third-order valence-corrected chi connectivity index (χ3v) is 2.83. The molecule has 0 saturated heterocycles. The minimum Gasteiger partial charge on any atom is -0.478 e. The van der Waals surface area contributed by atoms with Gasteiger partial charge in [0.05, 0.1) is 11.7 Å². The number of carboxylic acid groups (broad SMARTS) is 1. The van der Waals surface area contributed by atoms with E-state index in [1.807, 2.05) is 25.8 Å². The standard InChI is InChI=1S/C15H17N3O3/c1-10(2)21-14-8-13(16-9-17-14)18(3)12-6-4-11(5-7-12)15(19)20/h4-10H,1-3H3,(H,19,20). The smallest absolute Gasteiger partial charge is 0.335 e. The molecular weight excluding hydrogens is 270 g/mol. The van der Waals surface area contributed by atoms with Crippen LogP contribution in [-0.4, -0.2) is 34.2 Å². The van der Waals surface area contributed by atoms with Crippen LogP contribution >= 0.6 is 0 Å². The fourth-order valence-corrected chi connectivity index (χ4v) is 1.78. The minimum absolute atomic E-state index is 0.0351. The lowest BCUT2D eigenvalue weighted by Gasteiger charge is -2.19. The lowest BCUT2D eigenvalue weighted by molar-refractivity contribution is 0.0697. The molecule has 0 saturated carbocycles. The number of carbonyl (C=O) groups is 1. The van der Waals surface area contributed by atoms with Gasteiger partial charge in [-0.1, -0.05) is 0 Å². The normalized spacial score (nSPS) is 10.5. The van der Waals surface area contributed by atoms with E-state index in [9.17, 15) is 4.79 Å². The Balaban J connectivity index is 2.22. The topological polar surface area (TPSA) is 75.5 Å². The van der Waals surface area contributed by atoms with Crippen molar-refractivity contribution in [3.05, 3.63) is 42.2 Å². The largest absolute Gasteiger partial charge is 0.478 e. The molecule has 0 fully saturated rings. The van der Waals surface area contributed by atoms with Crippen molar-refractivity contribution in [3.63, 3.8) is 0 Å². The van der Waals surface area contributed by atoms with Crippen molar-refractivity contribution in [2.75, 3.05) is 11.9 Å². The summed E-state index contributed by atoms with van der Waals surface area (Å²) in [6.45, 7) is 3.85. The van der Waals surface area contributed by atoms with E-state index in [1.165, 1.54) is 6.33 Å². The van der Waals surface area contributed by atoms with Crippen LogP contribution in [0.25, 0.3) is 0 Å². The van der Waals surface area contributed by atoms with E-state index >= 15 is 0 Å². The maximum absolute atomic E-state index is 10.8. The van der Waals surface area contributed by atoms with Crippen molar-refractivity contribution in [1.29, 1.82) is 0 Å². The van der Waals surface area contributed by atoms with Gasteiger partial charge in [0.1, 0.15) is 12.1 Å². The quantitative estimate of drug-likeness (QED) is 0.911. The summed E-state index contributed by atoms with van der Waals surface area (Å²) in [4.78, 5) is 20.9. The van der Waals surface area contributed by atoms with Gasteiger partial charge in [0.25, 0.3) is 0 Å². The van der Waals surface area contributed by atoms with E-state index in [2.05, 4.69) is 9.97 Å². The lowest BCUT2D eigenvalue weighted by Crippen LogP contribution is -2.13. The molecule has 0 spiro atoms. The highest BCUT2D eigenvalue weighted by molar-refractivity contribution is 5.88. The van der Waals surface area contributed by atoms with Gasteiger partial charge < -0.3 is 14.7 Å². The second-order valence-corrected chi connectivity index (χ2v) is 4.79. The summed E-state index contributed by atoms with van der Waals surface area (Å²) in [5, 5.41) is 8.90. The monoisotopic (exact) mass is 287 g/mol. The molecule has 6 heteroatoms. The number of hydrogen-bond donors (Lipinski definition) is 1. The van der Waals surface area contributed by atoms with Crippen molar-refractivity contribution < 1.29 is 14.6 Å². The van der Waals surface area contributed by atoms with Crippen molar-refractivity contribution in [1.82, 2.24) is 9.97 Å². The second kappa shape index (κ2) is 6.21. The summed E-state index contributed by atoms with van der Waals surface area (Å²) < 4.78 is 5.54. The van der Waals surface area contributed by atoms with Crippen LogP contribution in [0, 0.1) is 0 Å². The van der Waals surface area contributed by atoms with Crippen LogP contribution in [0.2, 0.25) is 0 Å². The van der Waals surface area contributed by atoms with E-state index in [1.54, 1.807) is 30.3 Å². The molecule has 1 aromatic carbocycles. The molecule has 0 radical (unpaired) electrons. The molecule has 1 aromatic heterocycles. The number of aromatic nitrogens is 2. The van der Waals surface area contributed by atoms with Gasteiger partial charge >= 0.3 is 5.97 Å². The second-order valence-electron chi connectivity index (χ2n) is 4.79. The molecule has 0 aliphatic carbocycles. The summed E-state index contributed by atoms with van der Waals surface area (Å²) in [5.41, 5.74) is 1.08. The first kappa shape index (κ1) is 14.8. The fraction of sp³-hybridized carbons (Fsp3) is 0.267. The van der Waals surface area contributed by atoms with Crippen LogP contribution in [-0.2, 0) is 0 Å². The molecule has 0 amide bonds. The number of hydrogen-bond acceptors (Lipinski definition) is 5. The van der Waals surface area contributed by atoms with Crippen LogP contribution in [0.5, 0.6) is 5.88 Å². The number of ether oxygens (including phenoxy) is 1. The summed E-state index contributed by atoms with van der Waals surface area (Å²) in [6.07, 6.45) is 1.47. The van der Waals surface area contributed by atoms with Gasteiger partial charge in [0.2, 0.25) is 5.88 Å².